The van der Waals surface area contributed by atoms with Gasteiger partial charge >= 0.3 is 18.0 Å². The van der Waals surface area contributed by atoms with Gasteiger partial charge in [-0.1, -0.05) is 6.92 Å². The van der Waals surface area contributed by atoms with Crippen LogP contribution in [-0.2, 0) is 14.3 Å². The number of carbonyl (C=O) groups excluding carboxylic acids is 3. The van der Waals surface area contributed by atoms with E-state index in [9.17, 15) is 14.4 Å². The highest BCUT2D eigenvalue weighted by Gasteiger charge is 2.32. The summed E-state index contributed by atoms with van der Waals surface area (Å²) in [5, 5.41) is 5.21. The van der Waals surface area contributed by atoms with Gasteiger partial charge in [0.1, 0.15) is 6.61 Å². The second kappa shape index (κ2) is 9.28. The fraction of sp³-hybridized carbons (Fsp3) is 0.389. The van der Waals surface area contributed by atoms with E-state index in [1.54, 1.807) is 30.8 Å². The molecular weight excluding hydrogens is 356 g/mol. The molecule has 0 aromatic heterocycles. The van der Waals surface area contributed by atoms with Crippen LogP contribution in [-0.4, -0.2) is 43.5 Å². The van der Waals surface area contributed by atoms with Gasteiger partial charge < -0.3 is 20.1 Å². The van der Waals surface area contributed by atoms with Crippen LogP contribution in [0, 0.1) is 0 Å². The summed E-state index contributed by atoms with van der Waals surface area (Å²) in [6.45, 7) is 3.53. The second-order valence-corrected chi connectivity index (χ2v) is 6.36. The van der Waals surface area contributed by atoms with Crippen LogP contribution in [0.2, 0.25) is 0 Å². The maximum atomic E-state index is 12.3. The Bertz CT molecular complexity index is 715. The maximum absolute atomic E-state index is 12.3. The highest BCUT2D eigenvalue weighted by Crippen LogP contribution is 2.19. The number of carbonyl (C=O) groups is 3. The standard InChI is InChI=1S/C18H22N2O5S/c1-4-13-15(17(22)24-5-2)14(20-18(23)19-13)10-25-16(21)11-6-8-12(26-3)9-7-11/h6-9,13H,4-5,10H2,1-3H3,(H2,19,20,23)/t13-/m0/s1. The summed E-state index contributed by atoms with van der Waals surface area (Å²) >= 11 is 1.57. The van der Waals surface area contributed by atoms with Crippen molar-refractivity contribution in [3.63, 3.8) is 0 Å². The molecular formula is C18H22N2O5S. The molecule has 8 heteroatoms. The molecule has 1 aromatic rings. The minimum atomic E-state index is -0.540. The smallest absolute Gasteiger partial charge is 0.338 e. The van der Waals surface area contributed by atoms with Crippen LogP contribution in [0.5, 0.6) is 0 Å². The van der Waals surface area contributed by atoms with Crippen molar-refractivity contribution < 1.29 is 23.9 Å². The van der Waals surface area contributed by atoms with Crippen molar-refractivity contribution in [3.8, 4) is 0 Å². The second-order valence-electron chi connectivity index (χ2n) is 5.48. The van der Waals surface area contributed by atoms with E-state index in [2.05, 4.69) is 10.6 Å². The molecule has 1 atom stereocenters. The Morgan fingerprint density at radius 1 is 1.12 bits per heavy atom. The molecule has 0 aliphatic carbocycles. The number of rotatable bonds is 7. The number of hydrogen-bond donors (Lipinski definition) is 2. The lowest BCUT2D eigenvalue weighted by atomic mass is 10.0. The van der Waals surface area contributed by atoms with E-state index < -0.39 is 24.0 Å². The largest absolute Gasteiger partial charge is 0.463 e. The van der Waals surface area contributed by atoms with E-state index >= 15 is 0 Å². The number of benzene rings is 1. The topological polar surface area (TPSA) is 93.7 Å². The molecule has 1 aliphatic heterocycles. The minimum Gasteiger partial charge on any atom is -0.463 e. The SMILES string of the molecule is CCOC(=O)C1=C(COC(=O)c2ccc(SC)cc2)NC(=O)N[C@H]1CC. The van der Waals surface area contributed by atoms with Crippen molar-refractivity contribution in [1.82, 2.24) is 10.6 Å². The Morgan fingerprint density at radius 2 is 1.81 bits per heavy atom. The fourth-order valence-corrected chi connectivity index (χ4v) is 2.93. The highest BCUT2D eigenvalue weighted by molar-refractivity contribution is 7.98. The third kappa shape index (κ3) is 4.78. The molecule has 1 aliphatic rings. The third-order valence-electron chi connectivity index (χ3n) is 3.82. The van der Waals surface area contributed by atoms with Gasteiger partial charge in [-0.2, -0.15) is 0 Å². The van der Waals surface area contributed by atoms with Crippen molar-refractivity contribution in [2.24, 2.45) is 0 Å². The minimum absolute atomic E-state index is 0.210. The zero-order valence-corrected chi connectivity index (χ0v) is 15.8. The molecule has 2 amide bonds. The predicted octanol–water partition coefficient (Wildman–Crippen LogP) is 2.47. The molecule has 7 nitrogen and oxygen atoms in total. The van der Waals surface area contributed by atoms with Gasteiger partial charge in [-0.25, -0.2) is 14.4 Å². The Balaban J connectivity index is 2.17. The van der Waals surface area contributed by atoms with Crippen molar-refractivity contribution in [3.05, 3.63) is 41.1 Å². The Morgan fingerprint density at radius 3 is 2.38 bits per heavy atom. The molecule has 0 fully saturated rings. The number of ether oxygens (including phenoxy) is 2. The lowest BCUT2D eigenvalue weighted by molar-refractivity contribution is -0.139. The molecule has 0 spiro atoms. The van der Waals surface area contributed by atoms with Gasteiger partial charge in [-0.15, -0.1) is 11.8 Å². The van der Waals surface area contributed by atoms with Crippen molar-refractivity contribution in [1.29, 1.82) is 0 Å². The highest BCUT2D eigenvalue weighted by atomic mass is 32.2. The van der Waals surface area contributed by atoms with E-state index in [1.165, 1.54) is 0 Å². The van der Waals surface area contributed by atoms with Crippen molar-refractivity contribution in [2.45, 2.75) is 31.2 Å². The summed E-state index contributed by atoms with van der Waals surface area (Å²) in [6, 6.07) is 6.06. The molecule has 0 bridgehead atoms. The maximum Gasteiger partial charge on any atom is 0.338 e. The first-order valence-electron chi connectivity index (χ1n) is 8.29. The summed E-state index contributed by atoms with van der Waals surface area (Å²) in [4.78, 5) is 37.3. The number of urea groups is 1. The summed E-state index contributed by atoms with van der Waals surface area (Å²) in [7, 11) is 0. The number of nitrogens with one attached hydrogen (secondary N) is 2. The molecule has 0 saturated carbocycles. The molecule has 2 rings (SSSR count). The lowest BCUT2D eigenvalue weighted by Gasteiger charge is -2.28. The van der Waals surface area contributed by atoms with E-state index in [0.717, 1.165) is 4.90 Å². The van der Waals surface area contributed by atoms with Gasteiger partial charge in [-0.05, 0) is 43.9 Å². The lowest BCUT2D eigenvalue weighted by Crippen LogP contribution is -2.51. The molecule has 2 N–H and O–H groups in total. The zero-order chi connectivity index (χ0) is 19.1. The van der Waals surface area contributed by atoms with Crippen LogP contribution in [0.1, 0.15) is 30.6 Å². The van der Waals surface area contributed by atoms with E-state index in [0.29, 0.717) is 12.0 Å². The van der Waals surface area contributed by atoms with Gasteiger partial charge in [0, 0.05) is 4.90 Å². The summed E-state index contributed by atoms with van der Waals surface area (Å²) in [5.74, 6) is -1.07. The molecule has 0 saturated heterocycles. The summed E-state index contributed by atoms with van der Waals surface area (Å²) < 4.78 is 10.4. The van der Waals surface area contributed by atoms with E-state index in [1.807, 2.05) is 25.3 Å². The fourth-order valence-electron chi connectivity index (χ4n) is 2.52. The number of thioether (sulfide) groups is 1. The number of esters is 2. The van der Waals surface area contributed by atoms with Gasteiger partial charge in [0.15, 0.2) is 0 Å². The van der Waals surface area contributed by atoms with E-state index in [-0.39, 0.29) is 24.5 Å². The van der Waals surface area contributed by atoms with Crippen LogP contribution < -0.4 is 10.6 Å². The Labute approximate surface area is 156 Å². The predicted molar refractivity (Wildman–Crippen MR) is 97.9 cm³/mol. The summed E-state index contributed by atoms with van der Waals surface area (Å²) in [5.41, 5.74) is 0.918. The molecule has 140 valence electrons. The molecule has 1 heterocycles. The van der Waals surface area contributed by atoms with Crippen molar-refractivity contribution in [2.75, 3.05) is 19.5 Å². The Kier molecular flexibility index (Phi) is 7.08. The van der Waals surface area contributed by atoms with Gasteiger partial charge in [-0.3, -0.25) is 0 Å². The molecule has 1 aromatic carbocycles. The average molecular weight is 378 g/mol. The van der Waals surface area contributed by atoms with Gasteiger partial charge in [0.2, 0.25) is 0 Å². The van der Waals surface area contributed by atoms with Crippen LogP contribution in [0.25, 0.3) is 0 Å². The molecule has 26 heavy (non-hydrogen) atoms. The van der Waals surface area contributed by atoms with Gasteiger partial charge in [0.05, 0.1) is 29.5 Å². The van der Waals surface area contributed by atoms with Crippen LogP contribution in [0.4, 0.5) is 4.79 Å². The molecule has 0 radical (unpaired) electrons. The zero-order valence-electron chi connectivity index (χ0n) is 15.0. The summed E-state index contributed by atoms with van der Waals surface area (Å²) in [6.07, 6.45) is 2.45. The Hall–Kier alpha value is -2.48. The molecule has 0 unspecified atom stereocenters. The van der Waals surface area contributed by atoms with Crippen LogP contribution >= 0.6 is 11.8 Å². The van der Waals surface area contributed by atoms with E-state index in [4.69, 9.17) is 9.47 Å². The quantitative estimate of drug-likeness (QED) is 0.559. The van der Waals surface area contributed by atoms with Gasteiger partial charge in [0.25, 0.3) is 0 Å². The van der Waals surface area contributed by atoms with Crippen molar-refractivity contribution >= 4 is 29.7 Å². The van der Waals surface area contributed by atoms with Crippen LogP contribution in [0.3, 0.4) is 0 Å². The number of amides is 2. The number of hydrogen-bond acceptors (Lipinski definition) is 6. The van der Waals surface area contributed by atoms with Crippen LogP contribution in [0.15, 0.2) is 40.4 Å². The normalized spacial score (nSPS) is 16.6. The monoisotopic (exact) mass is 378 g/mol. The first-order chi connectivity index (χ1) is 12.5. The third-order valence-corrected chi connectivity index (χ3v) is 4.56. The first kappa shape index (κ1) is 19.8. The first-order valence-corrected chi connectivity index (χ1v) is 9.51. The average Bonchev–Trinajstić information content (AvgIpc) is 2.65.